The number of rotatable bonds is 6. The van der Waals surface area contributed by atoms with E-state index in [4.69, 9.17) is 27.9 Å². The maximum Gasteiger partial charge on any atom is 0.124 e. The highest BCUT2D eigenvalue weighted by Crippen LogP contribution is 2.28. The summed E-state index contributed by atoms with van der Waals surface area (Å²) in [6.45, 7) is 1.11. The van der Waals surface area contributed by atoms with Gasteiger partial charge < -0.3 is 10.1 Å². The number of ether oxygens (including phenoxy) is 1. The van der Waals surface area contributed by atoms with E-state index in [2.05, 4.69) is 21.2 Å². The molecule has 1 N–H and O–H groups in total. The van der Waals surface area contributed by atoms with Crippen LogP contribution in [0, 0.1) is 0 Å². The number of hydrogen-bond donors (Lipinski definition) is 1. The van der Waals surface area contributed by atoms with Crippen LogP contribution < -0.4 is 10.1 Å². The van der Waals surface area contributed by atoms with Crippen molar-refractivity contribution < 1.29 is 4.74 Å². The van der Waals surface area contributed by atoms with Gasteiger partial charge in [0.05, 0.1) is 10.7 Å². The van der Waals surface area contributed by atoms with Crippen molar-refractivity contribution in [1.29, 1.82) is 0 Å². The van der Waals surface area contributed by atoms with E-state index in [0.717, 1.165) is 27.0 Å². The van der Waals surface area contributed by atoms with Gasteiger partial charge in [-0.15, -0.1) is 0 Å². The van der Waals surface area contributed by atoms with E-state index >= 15 is 0 Å². The monoisotopic (exact) mass is 435 g/mol. The van der Waals surface area contributed by atoms with E-state index < -0.39 is 0 Å². The lowest BCUT2D eigenvalue weighted by Gasteiger charge is -2.14. The largest absolute Gasteiger partial charge is 0.489 e. The maximum absolute atomic E-state index is 6.22. The standard InChI is InChI=1S/C20H16BrCl2NO/c21-16-6-9-20(25-13-14-4-2-1-3-5-14)15(10-16)12-24-19-8-7-17(22)11-18(19)23/h1-11,24H,12-13H2. The molecule has 2 nitrogen and oxygen atoms in total. The summed E-state index contributed by atoms with van der Waals surface area (Å²) < 4.78 is 7.00. The van der Waals surface area contributed by atoms with E-state index in [1.54, 1.807) is 6.07 Å². The molecule has 0 radical (unpaired) electrons. The van der Waals surface area contributed by atoms with Crippen molar-refractivity contribution in [3.63, 3.8) is 0 Å². The molecule has 0 fully saturated rings. The molecule has 3 aromatic carbocycles. The third-order valence-electron chi connectivity index (χ3n) is 3.66. The molecule has 0 aromatic heterocycles. The van der Waals surface area contributed by atoms with Gasteiger partial charge in [-0.25, -0.2) is 0 Å². The highest BCUT2D eigenvalue weighted by atomic mass is 79.9. The number of nitrogens with one attached hydrogen (secondary N) is 1. The third kappa shape index (κ3) is 5.15. The molecular weight excluding hydrogens is 421 g/mol. The van der Waals surface area contributed by atoms with Gasteiger partial charge >= 0.3 is 0 Å². The Morgan fingerprint density at radius 1 is 0.920 bits per heavy atom. The van der Waals surface area contributed by atoms with E-state index in [1.807, 2.05) is 60.7 Å². The number of benzene rings is 3. The van der Waals surface area contributed by atoms with Gasteiger partial charge in [-0.2, -0.15) is 0 Å². The maximum atomic E-state index is 6.22. The van der Waals surface area contributed by atoms with Crippen LogP contribution in [0.4, 0.5) is 5.69 Å². The van der Waals surface area contributed by atoms with Crippen LogP contribution in [0.5, 0.6) is 5.75 Å². The SMILES string of the molecule is Clc1ccc(NCc2cc(Br)ccc2OCc2ccccc2)c(Cl)c1. The molecule has 0 saturated carbocycles. The van der Waals surface area contributed by atoms with E-state index in [-0.39, 0.29) is 0 Å². The average molecular weight is 437 g/mol. The molecule has 3 aromatic rings. The zero-order valence-electron chi connectivity index (χ0n) is 13.3. The van der Waals surface area contributed by atoms with E-state index in [1.165, 1.54) is 0 Å². The summed E-state index contributed by atoms with van der Waals surface area (Å²) in [5.74, 6) is 0.838. The fraction of sp³-hybridized carbons (Fsp3) is 0.100. The Labute approximate surface area is 165 Å². The molecule has 0 bridgehead atoms. The Balaban J connectivity index is 1.72. The summed E-state index contributed by atoms with van der Waals surface area (Å²) in [7, 11) is 0. The minimum Gasteiger partial charge on any atom is -0.489 e. The summed E-state index contributed by atoms with van der Waals surface area (Å²) in [4.78, 5) is 0. The van der Waals surface area contributed by atoms with Crippen molar-refractivity contribution in [2.75, 3.05) is 5.32 Å². The normalized spacial score (nSPS) is 10.5. The lowest BCUT2D eigenvalue weighted by Crippen LogP contribution is -2.04. The molecule has 0 aliphatic carbocycles. The highest BCUT2D eigenvalue weighted by Gasteiger charge is 2.07. The van der Waals surface area contributed by atoms with Crippen molar-refractivity contribution in [2.45, 2.75) is 13.2 Å². The van der Waals surface area contributed by atoms with Gasteiger partial charge in [-0.3, -0.25) is 0 Å². The molecule has 0 atom stereocenters. The topological polar surface area (TPSA) is 21.3 Å². The molecule has 0 spiro atoms. The summed E-state index contributed by atoms with van der Waals surface area (Å²) in [5.41, 5.74) is 3.00. The van der Waals surface area contributed by atoms with Gasteiger partial charge in [0.15, 0.2) is 0 Å². The third-order valence-corrected chi connectivity index (χ3v) is 4.70. The zero-order chi connectivity index (χ0) is 17.6. The lowest BCUT2D eigenvalue weighted by molar-refractivity contribution is 0.303. The Hall–Kier alpha value is -1.68. The molecule has 128 valence electrons. The Kier molecular flexibility index (Phi) is 6.24. The van der Waals surface area contributed by atoms with Crippen LogP contribution in [0.15, 0.2) is 71.2 Å². The van der Waals surface area contributed by atoms with E-state index in [9.17, 15) is 0 Å². The number of hydrogen-bond acceptors (Lipinski definition) is 2. The molecule has 3 rings (SSSR count). The Morgan fingerprint density at radius 2 is 1.72 bits per heavy atom. The van der Waals surface area contributed by atoms with Gasteiger partial charge in [0.1, 0.15) is 12.4 Å². The minimum atomic E-state index is 0.525. The molecule has 0 amide bonds. The van der Waals surface area contributed by atoms with Crippen LogP contribution in [0.2, 0.25) is 10.0 Å². The fourth-order valence-corrected chi connectivity index (χ4v) is 3.27. The second kappa shape index (κ2) is 8.61. The first-order valence-electron chi connectivity index (χ1n) is 7.76. The summed E-state index contributed by atoms with van der Waals surface area (Å²) in [5, 5.41) is 4.54. The van der Waals surface area contributed by atoms with Gasteiger partial charge in [0.25, 0.3) is 0 Å². The minimum absolute atomic E-state index is 0.525. The van der Waals surface area contributed by atoms with Crippen LogP contribution in [0.1, 0.15) is 11.1 Å². The predicted molar refractivity (Wildman–Crippen MR) is 109 cm³/mol. The second-order valence-electron chi connectivity index (χ2n) is 5.50. The van der Waals surface area contributed by atoms with Gasteiger partial charge in [-0.1, -0.05) is 69.5 Å². The van der Waals surface area contributed by atoms with Crippen LogP contribution in [-0.4, -0.2) is 0 Å². The van der Waals surface area contributed by atoms with Crippen LogP contribution in [-0.2, 0) is 13.2 Å². The molecule has 0 heterocycles. The molecule has 5 heteroatoms. The van der Waals surface area contributed by atoms with Crippen LogP contribution in [0.3, 0.4) is 0 Å². The number of anilines is 1. The van der Waals surface area contributed by atoms with Gasteiger partial charge in [0, 0.05) is 21.6 Å². The van der Waals surface area contributed by atoms with Crippen molar-refractivity contribution in [3.05, 3.63) is 92.4 Å². The van der Waals surface area contributed by atoms with Crippen LogP contribution >= 0.6 is 39.1 Å². The van der Waals surface area contributed by atoms with Gasteiger partial charge in [0.2, 0.25) is 0 Å². The molecular formula is C20H16BrCl2NO. The molecule has 0 aliphatic rings. The highest BCUT2D eigenvalue weighted by molar-refractivity contribution is 9.10. The zero-order valence-corrected chi connectivity index (χ0v) is 16.4. The Bertz CT molecular complexity index is 856. The van der Waals surface area contributed by atoms with Crippen molar-refractivity contribution in [3.8, 4) is 5.75 Å². The first-order valence-corrected chi connectivity index (χ1v) is 9.31. The van der Waals surface area contributed by atoms with Crippen molar-refractivity contribution >= 4 is 44.8 Å². The predicted octanol–water partition coefficient (Wildman–Crippen LogP) is 6.95. The molecule has 0 aliphatic heterocycles. The fourth-order valence-electron chi connectivity index (χ4n) is 2.39. The first-order chi connectivity index (χ1) is 12.1. The second-order valence-corrected chi connectivity index (χ2v) is 7.26. The van der Waals surface area contributed by atoms with E-state index in [0.29, 0.717) is 23.2 Å². The average Bonchev–Trinajstić information content (AvgIpc) is 2.61. The van der Waals surface area contributed by atoms with Crippen molar-refractivity contribution in [2.24, 2.45) is 0 Å². The summed E-state index contributed by atoms with van der Waals surface area (Å²) in [6, 6.07) is 21.5. The van der Waals surface area contributed by atoms with Crippen molar-refractivity contribution in [1.82, 2.24) is 0 Å². The first kappa shape index (κ1) is 18.1. The lowest BCUT2D eigenvalue weighted by atomic mass is 10.2. The molecule has 25 heavy (non-hydrogen) atoms. The molecule has 0 unspecified atom stereocenters. The Morgan fingerprint density at radius 3 is 2.48 bits per heavy atom. The molecule has 0 saturated heterocycles. The van der Waals surface area contributed by atoms with Gasteiger partial charge in [-0.05, 0) is 42.0 Å². The number of halogens is 3. The smallest absolute Gasteiger partial charge is 0.124 e. The summed E-state index contributed by atoms with van der Waals surface area (Å²) >= 11 is 15.7. The summed E-state index contributed by atoms with van der Waals surface area (Å²) in [6.07, 6.45) is 0. The van der Waals surface area contributed by atoms with Crippen LogP contribution in [0.25, 0.3) is 0 Å². The quantitative estimate of drug-likeness (QED) is 0.451.